The molecule has 3 rings (SSSR count). The first-order chi connectivity index (χ1) is 9.38. The Morgan fingerprint density at radius 3 is 3.21 bits per heavy atom. The summed E-state index contributed by atoms with van der Waals surface area (Å²) < 4.78 is 0. The number of nitrogens with one attached hydrogen (secondary N) is 1. The van der Waals surface area contributed by atoms with E-state index in [1.54, 1.807) is 0 Å². The van der Waals surface area contributed by atoms with E-state index in [9.17, 15) is 0 Å². The van der Waals surface area contributed by atoms with Gasteiger partial charge in [0, 0.05) is 31.1 Å². The molecule has 2 aromatic rings. The first kappa shape index (κ1) is 12.3. The first-order valence-corrected chi connectivity index (χ1v) is 6.97. The summed E-state index contributed by atoms with van der Waals surface area (Å²) >= 11 is 0. The minimum Gasteiger partial charge on any atom is -0.313 e. The second kappa shape index (κ2) is 5.49. The standard InChI is InChI=1S/C16H19N3/c1-2-17-9-12-8-14(11-18-10-12)15-6-5-13-4-3-7-19-16(13)15/h3-4,7-8,10-11,15,17H,2,5-6,9H2,1H3. The van der Waals surface area contributed by atoms with Crippen molar-refractivity contribution < 1.29 is 0 Å². The van der Waals surface area contributed by atoms with E-state index in [-0.39, 0.29) is 0 Å². The molecule has 1 aliphatic rings. The summed E-state index contributed by atoms with van der Waals surface area (Å²) in [6.07, 6.45) is 8.11. The molecule has 2 heterocycles. The van der Waals surface area contributed by atoms with Crippen molar-refractivity contribution in [2.45, 2.75) is 32.2 Å². The SMILES string of the molecule is CCNCc1cncc(C2CCc3cccnc32)c1. The largest absolute Gasteiger partial charge is 0.313 e. The van der Waals surface area contributed by atoms with Gasteiger partial charge in [-0.2, -0.15) is 0 Å². The van der Waals surface area contributed by atoms with Gasteiger partial charge >= 0.3 is 0 Å². The van der Waals surface area contributed by atoms with E-state index < -0.39 is 0 Å². The average Bonchev–Trinajstić information content (AvgIpc) is 2.89. The number of aryl methyl sites for hydroxylation is 1. The molecule has 98 valence electrons. The van der Waals surface area contributed by atoms with Crippen LogP contribution in [0.1, 0.15) is 41.6 Å². The van der Waals surface area contributed by atoms with Gasteiger partial charge in [-0.1, -0.05) is 19.1 Å². The van der Waals surface area contributed by atoms with E-state index in [0.717, 1.165) is 25.9 Å². The molecule has 1 atom stereocenters. The minimum absolute atomic E-state index is 0.422. The zero-order valence-electron chi connectivity index (χ0n) is 11.3. The second-order valence-corrected chi connectivity index (χ2v) is 5.05. The molecule has 19 heavy (non-hydrogen) atoms. The molecule has 3 nitrogen and oxygen atoms in total. The summed E-state index contributed by atoms with van der Waals surface area (Å²) in [6, 6.07) is 6.49. The lowest BCUT2D eigenvalue weighted by atomic mass is 9.97. The van der Waals surface area contributed by atoms with Crippen molar-refractivity contribution in [3.8, 4) is 0 Å². The first-order valence-electron chi connectivity index (χ1n) is 6.97. The third-order valence-corrected chi connectivity index (χ3v) is 3.76. The van der Waals surface area contributed by atoms with Crippen LogP contribution < -0.4 is 5.32 Å². The highest BCUT2D eigenvalue weighted by molar-refractivity contribution is 5.37. The number of rotatable bonds is 4. The molecule has 2 aromatic heterocycles. The molecular weight excluding hydrogens is 234 g/mol. The lowest BCUT2D eigenvalue weighted by Crippen LogP contribution is -2.12. The van der Waals surface area contributed by atoms with Crippen LogP contribution in [0.2, 0.25) is 0 Å². The fourth-order valence-corrected chi connectivity index (χ4v) is 2.80. The third kappa shape index (κ3) is 2.51. The summed E-state index contributed by atoms with van der Waals surface area (Å²) in [5, 5.41) is 3.35. The van der Waals surface area contributed by atoms with Crippen LogP contribution >= 0.6 is 0 Å². The van der Waals surface area contributed by atoms with E-state index in [2.05, 4.69) is 34.3 Å². The van der Waals surface area contributed by atoms with Crippen molar-refractivity contribution in [3.05, 3.63) is 59.2 Å². The Hall–Kier alpha value is -1.74. The van der Waals surface area contributed by atoms with E-state index in [0.29, 0.717) is 5.92 Å². The minimum atomic E-state index is 0.422. The smallest absolute Gasteiger partial charge is 0.0510 e. The molecular formula is C16H19N3. The van der Waals surface area contributed by atoms with Gasteiger partial charge in [0.25, 0.3) is 0 Å². The van der Waals surface area contributed by atoms with Crippen LogP contribution in [-0.4, -0.2) is 16.5 Å². The molecule has 1 unspecified atom stereocenters. The highest BCUT2D eigenvalue weighted by Crippen LogP contribution is 2.36. The monoisotopic (exact) mass is 253 g/mol. The maximum atomic E-state index is 4.57. The van der Waals surface area contributed by atoms with Gasteiger partial charge in [0.1, 0.15) is 0 Å². The van der Waals surface area contributed by atoms with E-state index in [4.69, 9.17) is 0 Å². The van der Waals surface area contributed by atoms with Crippen molar-refractivity contribution in [2.24, 2.45) is 0 Å². The number of fused-ring (bicyclic) bond motifs is 1. The predicted octanol–water partition coefficient (Wildman–Crippen LogP) is 2.66. The van der Waals surface area contributed by atoms with Crippen molar-refractivity contribution in [3.63, 3.8) is 0 Å². The lowest BCUT2D eigenvalue weighted by molar-refractivity contribution is 0.717. The molecule has 0 saturated heterocycles. The average molecular weight is 253 g/mol. The topological polar surface area (TPSA) is 37.8 Å². The van der Waals surface area contributed by atoms with Gasteiger partial charge in [-0.15, -0.1) is 0 Å². The summed E-state index contributed by atoms with van der Waals surface area (Å²) in [5.41, 5.74) is 5.19. The van der Waals surface area contributed by atoms with Crippen molar-refractivity contribution in [2.75, 3.05) is 6.54 Å². The van der Waals surface area contributed by atoms with Crippen molar-refractivity contribution in [1.29, 1.82) is 0 Å². The highest BCUT2D eigenvalue weighted by Gasteiger charge is 2.25. The Balaban J connectivity index is 1.87. The summed E-state index contributed by atoms with van der Waals surface area (Å²) in [7, 11) is 0. The summed E-state index contributed by atoms with van der Waals surface area (Å²) in [4.78, 5) is 8.95. The van der Waals surface area contributed by atoms with Crippen LogP contribution in [0.3, 0.4) is 0 Å². The van der Waals surface area contributed by atoms with Gasteiger partial charge in [-0.3, -0.25) is 9.97 Å². The fraction of sp³-hybridized carbons (Fsp3) is 0.375. The number of aromatic nitrogens is 2. The predicted molar refractivity (Wildman–Crippen MR) is 76.0 cm³/mol. The Kier molecular flexibility index (Phi) is 3.56. The summed E-state index contributed by atoms with van der Waals surface area (Å²) in [6.45, 7) is 3.99. The maximum absolute atomic E-state index is 4.57. The molecule has 0 bridgehead atoms. The number of hydrogen-bond acceptors (Lipinski definition) is 3. The molecule has 0 amide bonds. The molecule has 1 N–H and O–H groups in total. The molecule has 0 radical (unpaired) electrons. The Labute approximate surface area is 114 Å². The van der Waals surface area contributed by atoms with Crippen LogP contribution in [0.15, 0.2) is 36.8 Å². The van der Waals surface area contributed by atoms with Crippen LogP contribution in [-0.2, 0) is 13.0 Å². The Morgan fingerprint density at radius 1 is 1.37 bits per heavy atom. The van der Waals surface area contributed by atoms with E-state index in [1.165, 1.54) is 22.4 Å². The normalized spacial score (nSPS) is 17.4. The van der Waals surface area contributed by atoms with Gasteiger partial charge in [-0.05, 0) is 42.1 Å². The van der Waals surface area contributed by atoms with Crippen molar-refractivity contribution >= 4 is 0 Å². The molecule has 0 aliphatic heterocycles. The molecule has 0 spiro atoms. The molecule has 0 fully saturated rings. The van der Waals surface area contributed by atoms with E-state index in [1.807, 2.05) is 24.7 Å². The maximum Gasteiger partial charge on any atom is 0.0510 e. The highest BCUT2D eigenvalue weighted by atomic mass is 14.8. The Bertz CT molecular complexity index is 565. The van der Waals surface area contributed by atoms with Gasteiger partial charge in [0.05, 0.1) is 5.69 Å². The van der Waals surface area contributed by atoms with Gasteiger partial charge < -0.3 is 5.32 Å². The second-order valence-electron chi connectivity index (χ2n) is 5.05. The van der Waals surface area contributed by atoms with Gasteiger partial charge in [-0.25, -0.2) is 0 Å². The van der Waals surface area contributed by atoms with Crippen LogP contribution in [0.25, 0.3) is 0 Å². The van der Waals surface area contributed by atoms with E-state index >= 15 is 0 Å². The lowest BCUT2D eigenvalue weighted by Gasteiger charge is -2.12. The number of pyridine rings is 2. The summed E-state index contributed by atoms with van der Waals surface area (Å²) in [5.74, 6) is 0.422. The van der Waals surface area contributed by atoms with Crippen LogP contribution in [0.5, 0.6) is 0 Å². The fourth-order valence-electron chi connectivity index (χ4n) is 2.80. The molecule has 1 aliphatic carbocycles. The molecule has 0 aromatic carbocycles. The number of hydrogen-bond donors (Lipinski definition) is 1. The quantitative estimate of drug-likeness (QED) is 0.910. The van der Waals surface area contributed by atoms with Gasteiger partial charge in [0.2, 0.25) is 0 Å². The third-order valence-electron chi connectivity index (χ3n) is 3.76. The van der Waals surface area contributed by atoms with Gasteiger partial charge in [0.15, 0.2) is 0 Å². The van der Waals surface area contributed by atoms with Crippen LogP contribution in [0, 0.1) is 0 Å². The Morgan fingerprint density at radius 2 is 2.32 bits per heavy atom. The zero-order chi connectivity index (χ0) is 13.1. The molecule has 3 heteroatoms. The number of nitrogens with zero attached hydrogens (tertiary/aromatic N) is 2. The molecule has 0 saturated carbocycles. The van der Waals surface area contributed by atoms with Crippen molar-refractivity contribution in [1.82, 2.24) is 15.3 Å². The zero-order valence-corrected chi connectivity index (χ0v) is 11.3. The van der Waals surface area contributed by atoms with Crippen LogP contribution in [0.4, 0.5) is 0 Å².